The summed E-state index contributed by atoms with van der Waals surface area (Å²) < 4.78 is 57.7. The first-order valence-electron chi connectivity index (χ1n) is 11.7. The number of carboxylic acids is 2. The molecule has 3 rings (SSSR count). The maximum atomic E-state index is 12.5. The molecule has 0 spiro atoms. The Morgan fingerprint density at radius 3 is 2.03 bits per heavy atom. The van der Waals surface area contributed by atoms with Crippen LogP contribution in [0, 0.1) is 0 Å². The van der Waals surface area contributed by atoms with Gasteiger partial charge in [-0.1, -0.05) is 0 Å². The summed E-state index contributed by atoms with van der Waals surface area (Å²) in [6.07, 6.45) is -1.73. The van der Waals surface area contributed by atoms with E-state index in [4.69, 9.17) is 9.90 Å². The van der Waals surface area contributed by atoms with Crippen molar-refractivity contribution < 1.29 is 46.2 Å². The van der Waals surface area contributed by atoms with E-state index in [0.717, 1.165) is 31.6 Å². The Labute approximate surface area is 212 Å². The van der Waals surface area contributed by atoms with Gasteiger partial charge in [-0.2, -0.15) is 13.2 Å². The first-order chi connectivity index (χ1) is 17.2. The molecule has 2 fully saturated rings. The predicted octanol–water partition coefficient (Wildman–Crippen LogP) is 1.91. The van der Waals surface area contributed by atoms with E-state index in [1.807, 2.05) is 4.90 Å². The van der Waals surface area contributed by atoms with Crippen LogP contribution in [0.1, 0.15) is 36.5 Å². The molecule has 0 saturated carbocycles. The Balaban J connectivity index is 0.000000604. The third kappa shape index (κ3) is 9.39. The summed E-state index contributed by atoms with van der Waals surface area (Å²) in [5, 5.41) is 16.6. The summed E-state index contributed by atoms with van der Waals surface area (Å²) in [6, 6.07) is 4.73. The molecule has 3 N–H and O–H groups in total. The molecule has 2 saturated heterocycles. The topological polar surface area (TPSA) is 148 Å². The third-order valence-electron chi connectivity index (χ3n) is 5.93. The standard InChI is InChI=1S/C20H30N4O5S.C2HF3O2/c1-2-30(28,29)21-18-7-6-16(14-17(18)20(26)27)23-12-10-22(11-13-23)15-19(25)24-8-4-3-5-9-24;3-2(4,5)1(6)7/h6-7,14,21H,2-5,8-13,15H2,1H3,(H,26,27);(H,6,7). The van der Waals surface area contributed by atoms with Crippen molar-refractivity contribution in [3.63, 3.8) is 0 Å². The molecule has 0 bridgehead atoms. The van der Waals surface area contributed by atoms with Crippen molar-refractivity contribution in [2.45, 2.75) is 32.4 Å². The van der Waals surface area contributed by atoms with Crippen LogP contribution >= 0.6 is 0 Å². The number of anilines is 2. The molecule has 0 aromatic heterocycles. The molecule has 2 aliphatic heterocycles. The van der Waals surface area contributed by atoms with E-state index in [1.165, 1.54) is 25.5 Å². The van der Waals surface area contributed by atoms with Crippen LogP contribution in [0.2, 0.25) is 0 Å². The van der Waals surface area contributed by atoms with E-state index >= 15 is 0 Å². The number of carboxylic acid groups (broad SMARTS) is 2. The quantitative estimate of drug-likeness (QED) is 0.461. The van der Waals surface area contributed by atoms with E-state index in [9.17, 15) is 36.3 Å². The van der Waals surface area contributed by atoms with Gasteiger partial charge < -0.3 is 20.0 Å². The molecule has 15 heteroatoms. The van der Waals surface area contributed by atoms with Gasteiger partial charge in [0.2, 0.25) is 15.9 Å². The van der Waals surface area contributed by atoms with Crippen LogP contribution in [-0.2, 0) is 19.6 Å². The van der Waals surface area contributed by atoms with Gasteiger partial charge in [0, 0.05) is 45.0 Å². The maximum absolute atomic E-state index is 12.5. The second kappa shape index (κ2) is 12.9. The zero-order chi connectivity index (χ0) is 27.8. The van der Waals surface area contributed by atoms with Crippen molar-refractivity contribution in [3.8, 4) is 0 Å². The number of carbonyl (C=O) groups excluding carboxylic acids is 1. The molecule has 1 aromatic carbocycles. The highest BCUT2D eigenvalue weighted by Gasteiger charge is 2.38. The van der Waals surface area contributed by atoms with E-state index in [1.54, 1.807) is 6.07 Å². The van der Waals surface area contributed by atoms with Gasteiger partial charge in [-0.3, -0.25) is 14.4 Å². The summed E-state index contributed by atoms with van der Waals surface area (Å²) in [4.78, 5) is 39.2. The van der Waals surface area contributed by atoms with Gasteiger partial charge in [-0.25, -0.2) is 18.0 Å². The minimum absolute atomic E-state index is 0.0684. The second-order valence-electron chi connectivity index (χ2n) is 8.55. The number of rotatable bonds is 7. The summed E-state index contributed by atoms with van der Waals surface area (Å²) in [6.45, 7) is 6.39. The van der Waals surface area contributed by atoms with Crippen molar-refractivity contribution in [3.05, 3.63) is 23.8 Å². The number of alkyl halides is 3. The highest BCUT2D eigenvalue weighted by atomic mass is 32.2. The predicted molar refractivity (Wildman–Crippen MR) is 129 cm³/mol. The number of hydrogen-bond acceptors (Lipinski definition) is 7. The molecule has 0 aliphatic carbocycles. The Bertz CT molecular complexity index is 1070. The van der Waals surface area contributed by atoms with Gasteiger partial charge in [0.1, 0.15) is 0 Å². The van der Waals surface area contributed by atoms with Gasteiger partial charge in [0.15, 0.2) is 0 Å². The summed E-state index contributed by atoms with van der Waals surface area (Å²) >= 11 is 0. The van der Waals surface area contributed by atoms with Crippen molar-refractivity contribution in [1.82, 2.24) is 9.80 Å². The molecule has 11 nitrogen and oxygen atoms in total. The van der Waals surface area contributed by atoms with E-state index in [-0.39, 0.29) is 22.9 Å². The monoisotopic (exact) mass is 552 g/mol. The molecule has 2 heterocycles. The average molecular weight is 553 g/mol. The molecular formula is C22H31F3N4O7S. The fourth-order valence-electron chi connectivity index (χ4n) is 3.83. The number of likely N-dealkylation sites (tertiary alicyclic amines) is 1. The Morgan fingerprint density at radius 1 is 0.973 bits per heavy atom. The number of amides is 1. The number of nitrogens with one attached hydrogen (secondary N) is 1. The zero-order valence-corrected chi connectivity index (χ0v) is 21.1. The maximum Gasteiger partial charge on any atom is 0.490 e. The Hall–Kier alpha value is -3.07. The molecule has 2 aliphatic rings. The number of sulfonamides is 1. The smallest absolute Gasteiger partial charge is 0.478 e. The Morgan fingerprint density at radius 2 is 1.54 bits per heavy atom. The van der Waals surface area contributed by atoms with E-state index in [2.05, 4.69) is 14.5 Å². The molecule has 0 atom stereocenters. The normalized spacial score (nSPS) is 17.0. The van der Waals surface area contributed by atoms with Crippen molar-refractivity contribution in [2.24, 2.45) is 0 Å². The van der Waals surface area contributed by atoms with Gasteiger partial charge >= 0.3 is 18.1 Å². The van der Waals surface area contributed by atoms with Gasteiger partial charge in [-0.15, -0.1) is 0 Å². The lowest BCUT2D eigenvalue weighted by molar-refractivity contribution is -0.192. The van der Waals surface area contributed by atoms with Crippen molar-refractivity contribution in [2.75, 3.05) is 61.2 Å². The number of carbonyl (C=O) groups is 3. The fourth-order valence-corrected chi connectivity index (χ4v) is 4.49. The number of halogens is 3. The summed E-state index contributed by atoms with van der Waals surface area (Å²) in [5.74, 6) is -3.89. The fraction of sp³-hybridized carbons (Fsp3) is 0.591. The minimum Gasteiger partial charge on any atom is -0.478 e. The van der Waals surface area contributed by atoms with Crippen LogP contribution < -0.4 is 9.62 Å². The lowest BCUT2D eigenvalue weighted by atomic mass is 10.1. The molecule has 1 aromatic rings. The SMILES string of the molecule is CCS(=O)(=O)Nc1ccc(N2CCN(CC(=O)N3CCCCC3)CC2)cc1C(=O)O.O=C(O)C(F)(F)F. The van der Waals surface area contributed by atoms with E-state index in [0.29, 0.717) is 32.7 Å². The first-order valence-corrected chi connectivity index (χ1v) is 13.3. The van der Waals surface area contributed by atoms with E-state index < -0.39 is 28.1 Å². The van der Waals surface area contributed by atoms with Crippen molar-refractivity contribution in [1.29, 1.82) is 0 Å². The van der Waals surface area contributed by atoms with Gasteiger partial charge in [0.25, 0.3) is 0 Å². The van der Waals surface area contributed by atoms with Crippen LogP contribution in [-0.4, -0.2) is 104 Å². The largest absolute Gasteiger partial charge is 0.490 e. The number of benzene rings is 1. The molecule has 0 radical (unpaired) electrons. The second-order valence-corrected chi connectivity index (χ2v) is 10.6. The summed E-state index contributed by atoms with van der Waals surface area (Å²) in [5.41, 5.74) is 0.722. The molecule has 0 unspecified atom stereocenters. The molecular weight excluding hydrogens is 521 g/mol. The van der Waals surface area contributed by atoms with Crippen LogP contribution in [0.3, 0.4) is 0 Å². The number of aliphatic carboxylic acids is 1. The minimum atomic E-state index is -5.08. The average Bonchev–Trinajstić information content (AvgIpc) is 2.85. The molecule has 37 heavy (non-hydrogen) atoms. The summed E-state index contributed by atoms with van der Waals surface area (Å²) in [7, 11) is -3.56. The van der Waals surface area contributed by atoms with Crippen molar-refractivity contribution >= 4 is 39.2 Å². The number of aromatic carboxylic acids is 1. The van der Waals surface area contributed by atoms with Crippen LogP contribution in [0.25, 0.3) is 0 Å². The van der Waals surface area contributed by atoms with Gasteiger partial charge in [-0.05, 0) is 44.4 Å². The molecule has 208 valence electrons. The lowest BCUT2D eigenvalue weighted by Crippen LogP contribution is -2.50. The van der Waals surface area contributed by atoms with Crippen LogP contribution in [0.4, 0.5) is 24.5 Å². The third-order valence-corrected chi connectivity index (χ3v) is 7.22. The number of nitrogens with zero attached hydrogens (tertiary/aromatic N) is 3. The number of piperidine rings is 1. The van der Waals surface area contributed by atoms with Crippen LogP contribution in [0.15, 0.2) is 18.2 Å². The number of hydrogen-bond donors (Lipinski definition) is 3. The van der Waals surface area contributed by atoms with Gasteiger partial charge in [0.05, 0.1) is 23.5 Å². The Kier molecular flexibility index (Phi) is 10.5. The first kappa shape index (κ1) is 30.2. The lowest BCUT2D eigenvalue weighted by Gasteiger charge is -2.37. The molecule has 1 amide bonds. The highest BCUT2D eigenvalue weighted by Crippen LogP contribution is 2.25. The van der Waals surface area contributed by atoms with Crippen LogP contribution in [0.5, 0.6) is 0 Å². The zero-order valence-electron chi connectivity index (χ0n) is 20.3. The number of piperazine rings is 1. The highest BCUT2D eigenvalue weighted by molar-refractivity contribution is 7.92.